The summed E-state index contributed by atoms with van der Waals surface area (Å²) in [5, 5.41) is 3.03. The highest BCUT2D eigenvalue weighted by Gasteiger charge is 2.24. The van der Waals surface area contributed by atoms with E-state index in [4.69, 9.17) is 0 Å². The zero-order valence-corrected chi connectivity index (χ0v) is 15.6. The van der Waals surface area contributed by atoms with E-state index in [1.54, 1.807) is 29.2 Å². The van der Waals surface area contributed by atoms with Gasteiger partial charge in [-0.25, -0.2) is 9.18 Å². The van der Waals surface area contributed by atoms with Crippen LogP contribution in [0.25, 0.3) is 0 Å². The number of aryl methyl sites for hydroxylation is 1. The van der Waals surface area contributed by atoms with E-state index < -0.39 is 6.61 Å². The molecule has 2 amide bonds. The summed E-state index contributed by atoms with van der Waals surface area (Å²) in [6.45, 7) is -0.218. The molecule has 0 radical (unpaired) electrons. The topological polar surface area (TPSA) is 41.6 Å². The fourth-order valence-electron chi connectivity index (χ4n) is 3.54. The third-order valence-electron chi connectivity index (χ3n) is 4.88. The number of alkyl halides is 2. The molecule has 1 atom stereocenters. The minimum Gasteiger partial charge on any atom is -0.435 e. The lowest BCUT2D eigenvalue weighted by Crippen LogP contribution is -2.42. The number of fused-ring (bicyclic) bond motifs is 1. The van der Waals surface area contributed by atoms with Gasteiger partial charge in [-0.15, -0.1) is 0 Å². The summed E-state index contributed by atoms with van der Waals surface area (Å²) in [7, 11) is 0. The van der Waals surface area contributed by atoms with Crippen molar-refractivity contribution in [3.8, 4) is 5.75 Å². The van der Waals surface area contributed by atoms with Crippen molar-refractivity contribution < 1.29 is 22.7 Å². The van der Waals surface area contributed by atoms with Crippen LogP contribution in [0.2, 0.25) is 0 Å². The van der Waals surface area contributed by atoms with Crippen LogP contribution >= 0.6 is 0 Å². The highest BCUT2D eigenvalue weighted by atomic mass is 19.3. The number of urea groups is 1. The van der Waals surface area contributed by atoms with Crippen molar-refractivity contribution in [2.75, 3.05) is 6.54 Å². The Bertz CT molecular complexity index is 829. The number of carbonyl (C=O) groups excluding carboxylic acids is 1. The SMILES string of the molecule is CCN(Cc1cccc(F)c1)C(=O)NC1CCCc2cc(OC(F)F)ccc21. The van der Waals surface area contributed by atoms with Crippen LogP contribution in [0.15, 0.2) is 42.5 Å². The van der Waals surface area contributed by atoms with Gasteiger partial charge < -0.3 is 15.0 Å². The molecule has 0 aliphatic heterocycles. The molecule has 0 heterocycles. The number of halogens is 3. The standard InChI is InChI=1S/C21H23F3N2O2/c1-2-26(13-14-5-3-7-16(22)11-14)21(27)25-19-8-4-6-15-12-17(28-20(23)24)9-10-18(15)19/h3,5,7,9-12,19-20H,2,4,6,8,13H2,1H3,(H,25,27). The van der Waals surface area contributed by atoms with Gasteiger partial charge in [-0.05, 0) is 67.1 Å². The third-order valence-corrected chi connectivity index (χ3v) is 4.88. The number of hydrogen-bond donors (Lipinski definition) is 1. The van der Waals surface area contributed by atoms with Crippen molar-refractivity contribution in [3.05, 3.63) is 65.0 Å². The largest absolute Gasteiger partial charge is 0.435 e. The van der Waals surface area contributed by atoms with Gasteiger partial charge in [-0.3, -0.25) is 0 Å². The molecule has 28 heavy (non-hydrogen) atoms. The lowest BCUT2D eigenvalue weighted by atomic mass is 9.87. The van der Waals surface area contributed by atoms with Crippen LogP contribution in [0, 0.1) is 5.82 Å². The summed E-state index contributed by atoms with van der Waals surface area (Å²) in [5.74, 6) is -0.209. The van der Waals surface area contributed by atoms with Gasteiger partial charge in [0.2, 0.25) is 0 Å². The second-order valence-electron chi connectivity index (χ2n) is 6.78. The summed E-state index contributed by atoms with van der Waals surface area (Å²) in [4.78, 5) is 14.4. The van der Waals surface area contributed by atoms with Gasteiger partial charge in [0.05, 0.1) is 6.04 Å². The first-order valence-corrected chi connectivity index (χ1v) is 9.33. The summed E-state index contributed by atoms with van der Waals surface area (Å²) in [6.07, 6.45) is 2.36. The fraction of sp³-hybridized carbons (Fsp3) is 0.381. The van der Waals surface area contributed by atoms with Crippen molar-refractivity contribution in [2.24, 2.45) is 0 Å². The molecular formula is C21H23F3N2O2. The highest BCUT2D eigenvalue weighted by Crippen LogP contribution is 2.32. The minimum atomic E-state index is -2.86. The number of rotatable bonds is 6. The Morgan fingerprint density at radius 3 is 2.82 bits per heavy atom. The van der Waals surface area contributed by atoms with E-state index in [0.29, 0.717) is 13.1 Å². The molecule has 1 unspecified atom stereocenters. The van der Waals surface area contributed by atoms with E-state index in [1.165, 1.54) is 18.2 Å². The third kappa shape index (κ3) is 4.97. The van der Waals surface area contributed by atoms with E-state index >= 15 is 0 Å². The number of nitrogens with one attached hydrogen (secondary N) is 1. The molecule has 1 N–H and O–H groups in total. The molecule has 2 aromatic carbocycles. The molecule has 7 heteroatoms. The zero-order valence-electron chi connectivity index (χ0n) is 15.6. The Morgan fingerprint density at radius 1 is 1.29 bits per heavy atom. The molecule has 2 aromatic rings. The number of ether oxygens (including phenoxy) is 1. The average Bonchev–Trinajstić information content (AvgIpc) is 2.65. The Kier molecular flexibility index (Phi) is 6.44. The first-order chi connectivity index (χ1) is 13.5. The molecule has 1 aliphatic carbocycles. The number of hydrogen-bond acceptors (Lipinski definition) is 2. The van der Waals surface area contributed by atoms with Crippen LogP contribution in [0.1, 0.15) is 42.5 Å². The second-order valence-corrected chi connectivity index (χ2v) is 6.78. The lowest BCUT2D eigenvalue weighted by Gasteiger charge is -2.30. The first-order valence-electron chi connectivity index (χ1n) is 9.33. The summed E-state index contributed by atoms with van der Waals surface area (Å²) in [5.41, 5.74) is 2.54. The number of carbonyl (C=O) groups is 1. The van der Waals surface area contributed by atoms with Crippen LogP contribution < -0.4 is 10.1 Å². The number of amides is 2. The molecule has 0 fully saturated rings. The number of nitrogens with zero attached hydrogens (tertiary/aromatic N) is 1. The van der Waals surface area contributed by atoms with Crippen LogP contribution in [0.4, 0.5) is 18.0 Å². The summed E-state index contributed by atoms with van der Waals surface area (Å²) < 4.78 is 42.7. The van der Waals surface area contributed by atoms with E-state index in [1.807, 2.05) is 6.92 Å². The molecule has 3 rings (SSSR count). The maximum Gasteiger partial charge on any atom is 0.387 e. The summed E-state index contributed by atoms with van der Waals surface area (Å²) in [6, 6.07) is 10.6. The van der Waals surface area contributed by atoms with Gasteiger partial charge in [0.25, 0.3) is 0 Å². The minimum absolute atomic E-state index is 0.127. The van der Waals surface area contributed by atoms with Crippen LogP contribution in [-0.2, 0) is 13.0 Å². The maximum absolute atomic E-state index is 13.4. The van der Waals surface area contributed by atoms with Crippen molar-refractivity contribution in [3.63, 3.8) is 0 Å². The quantitative estimate of drug-likeness (QED) is 0.749. The highest BCUT2D eigenvalue weighted by molar-refractivity contribution is 5.75. The number of benzene rings is 2. The molecule has 0 aromatic heterocycles. The van der Waals surface area contributed by atoms with Crippen LogP contribution in [0.3, 0.4) is 0 Å². The lowest BCUT2D eigenvalue weighted by molar-refractivity contribution is -0.0499. The predicted molar refractivity (Wildman–Crippen MR) is 99.8 cm³/mol. The maximum atomic E-state index is 13.4. The van der Waals surface area contributed by atoms with Gasteiger partial charge >= 0.3 is 12.6 Å². The summed E-state index contributed by atoms with van der Waals surface area (Å²) >= 11 is 0. The van der Waals surface area contributed by atoms with E-state index in [9.17, 15) is 18.0 Å². The fourth-order valence-corrected chi connectivity index (χ4v) is 3.54. The van der Waals surface area contributed by atoms with E-state index in [-0.39, 0.29) is 23.6 Å². The normalized spacial score (nSPS) is 15.8. The van der Waals surface area contributed by atoms with E-state index in [0.717, 1.165) is 36.0 Å². The van der Waals surface area contributed by atoms with Gasteiger partial charge in [-0.2, -0.15) is 8.78 Å². The van der Waals surface area contributed by atoms with Crippen molar-refractivity contribution >= 4 is 6.03 Å². The van der Waals surface area contributed by atoms with Gasteiger partial charge in [0.1, 0.15) is 11.6 Å². The Balaban J connectivity index is 1.70. The van der Waals surface area contributed by atoms with Crippen LogP contribution in [-0.4, -0.2) is 24.1 Å². The molecular weight excluding hydrogens is 369 g/mol. The zero-order chi connectivity index (χ0) is 20.1. The van der Waals surface area contributed by atoms with Crippen molar-refractivity contribution in [2.45, 2.75) is 45.4 Å². The molecule has 0 saturated carbocycles. The average molecular weight is 392 g/mol. The second kappa shape index (κ2) is 8.99. The molecule has 4 nitrogen and oxygen atoms in total. The molecule has 1 aliphatic rings. The van der Waals surface area contributed by atoms with Gasteiger partial charge in [-0.1, -0.05) is 18.2 Å². The monoisotopic (exact) mass is 392 g/mol. The smallest absolute Gasteiger partial charge is 0.387 e. The Labute approximate surface area is 162 Å². The first kappa shape index (κ1) is 20.0. The Morgan fingerprint density at radius 2 is 2.11 bits per heavy atom. The van der Waals surface area contributed by atoms with Crippen LogP contribution in [0.5, 0.6) is 5.75 Å². The van der Waals surface area contributed by atoms with Gasteiger partial charge in [0.15, 0.2) is 0 Å². The Hall–Kier alpha value is -2.70. The molecule has 0 spiro atoms. The molecule has 0 bridgehead atoms. The predicted octanol–water partition coefficient (Wildman–Crippen LogP) is 5.04. The van der Waals surface area contributed by atoms with Gasteiger partial charge in [0, 0.05) is 13.1 Å². The molecule has 150 valence electrons. The van der Waals surface area contributed by atoms with E-state index in [2.05, 4.69) is 10.1 Å². The molecule has 0 saturated heterocycles. The van der Waals surface area contributed by atoms with Crippen molar-refractivity contribution in [1.29, 1.82) is 0 Å². The van der Waals surface area contributed by atoms with Crippen molar-refractivity contribution in [1.82, 2.24) is 10.2 Å².